The summed E-state index contributed by atoms with van der Waals surface area (Å²) in [6.07, 6.45) is 3.63. The number of anilines is 1. The van der Waals surface area contributed by atoms with E-state index in [-0.39, 0.29) is 0 Å². The third kappa shape index (κ3) is 2.49. The number of hydrazine groups is 1. The fourth-order valence-corrected chi connectivity index (χ4v) is 2.11. The second-order valence-corrected chi connectivity index (χ2v) is 4.23. The maximum Gasteiger partial charge on any atom is 0.0477 e. The molecule has 2 rings (SSSR count). The normalized spacial score (nSPS) is 25.7. The lowest BCUT2D eigenvalue weighted by atomic mass is 10.00. The third-order valence-electron chi connectivity index (χ3n) is 2.96. The molecule has 1 aliphatic rings. The van der Waals surface area contributed by atoms with Gasteiger partial charge in [0.25, 0.3) is 0 Å². The lowest BCUT2D eigenvalue weighted by Gasteiger charge is -2.09. The van der Waals surface area contributed by atoms with E-state index in [0.29, 0.717) is 12.1 Å². The van der Waals surface area contributed by atoms with Crippen molar-refractivity contribution in [3.63, 3.8) is 0 Å². The molecule has 2 atom stereocenters. The number of nitrogens with one attached hydrogen (secondary N) is 2. The maximum absolute atomic E-state index is 5.66. The van der Waals surface area contributed by atoms with Crippen LogP contribution >= 0.6 is 0 Å². The van der Waals surface area contributed by atoms with Crippen molar-refractivity contribution in [2.45, 2.75) is 38.3 Å². The van der Waals surface area contributed by atoms with Crippen molar-refractivity contribution in [1.29, 1.82) is 0 Å². The highest BCUT2D eigenvalue weighted by Crippen LogP contribution is 2.24. The van der Waals surface area contributed by atoms with Crippen molar-refractivity contribution >= 4 is 5.69 Å². The molecule has 0 bridgehead atoms. The zero-order valence-electron chi connectivity index (χ0n) is 9.16. The van der Waals surface area contributed by atoms with Gasteiger partial charge in [0, 0.05) is 17.8 Å². The van der Waals surface area contributed by atoms with Crippen LogP contribution in [0.2, 0.25) is 0 Å². The van der Waals surface area contributed by atoms with E-state index in [9.17, 15) is 0 Å². The van der Waals surface area contributed by atoms with Gasteiger partial charge in [-0.05, 0) is 30.5 Å². The molecule has 1 aliphatic heterocycles. The molecule has 2 unspecified atom stereocenters. The summed E-state index contributed by atoms with van der Waals surface area (Å²) in [7, 11) is 0. The molecule has 3 heteroatoms. The Morgan fingerprint density at radius 1 is 1.27 bits per heavy atom. The van der Waals surface area contributed by atoms with Gasteiger partial charge < -0.3 is 5.73 Å². The lowest BCUT2D eigenvalue weighted by Crippen LogP contribution is -2.30. The van der Waals surface area contributed by atoms with Gasteiger partial charge in [-0.25, -0.2) is 0 Å². The predicted octanol–water partition coefficient (Wildman–Crippen LogP) is 1.98. The first-order valence-corrected chi connectivity index (χ1v) is 5.66. The molecule has 0 saturated carbocycles. The first-order chi connectivity index (χ1) is 7.29. The Morgan fingerprint density at radius 3 is 2.67 bits per heavy atom. The molecule has 82 valence electrons. The smallest absolute Gasteiger partial charge is 0.0477 e. The summed E-state index contributed by atoms with van der Waals surface area (Å²) < 4.78 is 0. The van der Waals surface area contributed by atoms with Gasteiger partial charge >= 0.3 is 0 Å². The van der Waals surface area contributed by atoms with E-state index in [1.807, 2.05) is 12.1 Å². The van der Waals surface area contributed by atoms with Gasteiger partial charge in [0.1, 0.15) is 0 Å². The molecule has 3 nitrogen and oxygen atoms in total. The highest BCUT2D eigenvalue weighted by molar-refractivity contribution is 5.40. The summed E-state index contributed by atoms with van der Waals surface area (Å²) in [6.45, 7) is 2.22. The molecular formula is C12H19N3. The average Bonchev–Trinajstić information content (AvgIpc) is 2.68. The van der Waals surface area contributed by atoms with E-state index < -0.39 is 0 Å². The Hall–Kier alpha value is -1.06. The minimum Gasteiger partial charge on any atom is -0.399 e. The van der Waals surface area contributed by atoms with E-state index in [4.69, 9.17) is 5.73 Å². The van der Waals surface area contributed by atoms with Crippen molar-refractivity contribution in [1.82, 2.24) is 10.9 Å². The van der Waals surface area contributed by atoms with E-state index in [1.54, 1.807) is 0 Å². The fourth-order valence-electron chi connectivity index (χ4n) is 2.11. The van der Waals surface area contributed by atoms with Crippen LogP contribution in [-0.4, -0.2) is 6.04 Å². The molecule has 0 aromatic heterocycles. The highest BCUT2D eigenvalue weighted by atomic mass is 15.4. The molecular weight excluding hydrogens is 186 g/mol. The molecule has 1 fully saturated rings. The Labute approximate surface area is 91.0 Å². The number of hydrogen-bond acceptors (Lipinski definition) is 3. The number of rotatable bonds is 3. The zero-order chi connectivity index (χ0) is 10.7. The second kappa shape index (κ2) is 4.64. The standard InChI is InChI=1S/C12H19N3/c1-2-3-11-8-12(15-14-11)9-4-6-10(13)7-5-9/h4-7,11-12,14-15H,2-3,8,13H2,1H3. The molecule has 0 aliphatic carbocycles. The Kier molecular flexibility index (Phi) is 3.23. The molecule has 15 heavy (non-hydrogen) atoms. The number of benzene rings is 1. The van der Waals surface area contributed by atoms with Crippen LogP contribution in [0.3, 0.4) is 0 Å². The number of hydrogen-bond donors (Lipinski definition) is 3. The Balaban J connectivity index is 1.98. The minimum absolute atomic E-state index is 0.433. The molecule has 0 spiro atoms. The van der Waals surface area contributed by atoms with Gasteiger partial charge in [-0.2, -0.15) is 0 Å². The summed E-state index contributed by atoms with van der Waals surface area (Å²) in [5, 5.41) is 0. The molecule has 0 radical (unpaired) electrons. The van der Waals surface area contributed by atoms with E-state index in [0.717, 1.165) is 12.1 Å². The maximum atomic E-state index is 5.66. The molecule has 1 saturated heterocycles. The summed E-state index contributed by atoms with van der Waals surface area (Å²) in [5.74, 6) is 0. The van der Waals surface area contributed by atoms with Crippen LogP contribution in [0.15, 0.2) is 24.3 Å². The average molecular weight is 205 g/mol. The Bertz CT molecular complexity index is 307. The minimum atomic E-state index is 0.433. The zero-order valence-corrected chi connectivity index (χ0v) is 9.16. The van der Waals surface area contributed by atoms with Gasteiger partial charge in [0.15, 0.2) is 0 Å². The van der Waals surface area contributed by atoms with Crippen molar-refractivity contribution in [3.05, 3.63) is 29.8 Å². The van der Waals surface area contributed by atoms with Gasteiger partial charge in [-0.15, -0.1) is 0 Å². The SMILES string of the molecule is CCCC1CC(c2ccc(N)cc2)NN1. The fraction of sp³-hybridized carbons (Fsp3) is 0.500. The summed E-state index contributed by atoms with van der Waals surface area (Å²) in [5.41, 5.74) is 14.5. The topological polar surface area (TPSA) is 50.1 Å². The van der Waals surface area contributed by atoms with E-state index >= 15 is 0 Å². The van der Waals surface area contributed by atoms with Gasteiger partial charge in [-0.3, -0.25) is 10.9 Å². The van der Waals surface area contributed by atoms with Gasteiger partial charge in [-0.1, -0.05) is 25.5 Å². The number of nitrogen functional groups attached to an aromatic ring is 1. The van der Waals surface area contributed by atoms with Crippen molar-refractivity contribution in [2.75, 3.05) is 5.73 Å². The van der Waals surface area contributed by atoms with Crippen LogP contribution in [0.5, 0.6) is 0 Å². The first kappa shape index (κ1) is 10.5. The monoisotopic (exact) mass is 205 g/mol. The molecule has 1 aromatic carbocycles. The highest BCUT2D eigenvalue weighted by Gasteiger charge is 2.23. The first-order valence-electron chi connectivity index (χ1n) is 5.66. The second-order valence-electron chi connectivity index (χ2n) is 4.23. The van der Waals surface area contributed by atoms with Crippen molar-refractivity contribution < 1.29 is 0 Å². The van der Waals surface area contributed by atoms with E-state index in [1.165, 1.54) is 18.4 Å². The largest absolute Gasteiger partial charge is 0.399 e. The predicted molar refractivity (Wildman–Crippen MR) is 63.2 cm³/mol. The summed E-state index contributed by atoms with van der Waals surface area (Å²) in [6, 6.07) is 9.17. The van der Waals surface area contributed by atoms with Crippen LogP contribution in [0, 0.1) is 0 Å². The van der Waals surface area contributed by atoms with Crippen LogP contribution < -0.4 is 16.6 Å². The lowest BCUT2D eigenvalue weighted by molar-refractivity contribution is 0.512. The third-order valence-corrected chi connectivity index (χ3v) is 2.96. The van der Waals surface area contributed by atoms with Crippen molar-refractivity contribution in [3.8, 4) is 0 Å². The molecule has 1 aromatic rings. The van der Waals surface area contributed by atoms with E-state index in [2.05, 4.69) is 29.9 Å². The molecule has 4 N–H and O–H groups in total. The molecule has 1 heterocycles. The molecule has 0 amide bonds. The van der Waals surface area contributed by atoms with Gasteiger partial charge in [0.2, 0.25) is 0 Å². The Morgan fingerprint density at radius 2 is 2.00 bits per heavy atom. The van der Waals surface area contributed by atoms with Crippen LogP contribution in [0.25, 0.3) is 0 Å². The van der Waals surface area contributed by atoms with Gasteiger partial charge in [0.05, 0.1) is 0 Å². The van der Waals surface area contributed by atoms with Crippen LogP contribution in [0.1, 0.15) is 37.8 Å². The van der Waals surface area contributed by atoms with Crippen LogP contribution in [0.4, 0.5) is 5.69 Å². The summed E-state index contributed by atoms with van der Waals surface area (Å²) in [4.78, 5) is 0. The quantitative estimate of drug-likeness (QED) is 0.661. The van der Waals surface area contributed by atoms with Crippen molar-refractivity contribution in [2.24, 2.45) is 0 Å². The number of nitrogens with two attached hydrogens (primary N) is 1. The van der Waals surface area contributed by atoms with Crippen LogP contribution in [-0.2, 0) is 0 Å². The summed E-state index contributed by atoms with van der Waals surface area (Å²) >= 11 is 0.